The molecule has 5 rings (SSSR count). The lowest BCUT2D eigenvalue weighted by molar-refractivity contribution is 0.0904. The van der Waals surface area contributed by atoms with Crippen molar-refractivity contribution in [2.24, 2.45) is 0 Å². The van der Waals surface area contributed by atoms with Gasteiger partial charge in [-0.3, -0.25) is 9.89 Å². The molecular weight excluding hydrogens is 547 g/mol. The fraction of sp³-hybridized carbons (Fsp3) is 0.435. The summed E-state index contributed by atoms with van der Waals surface area (Å²) in [5.74, 6) is 0.641. The minimum absolute atomic E-state index is 0.222. The molecule has 2 fully saturated rings. The molecule has 0 aliphatic carbocycles. The molecule has 180 valence electrons. The Labute approximate surface area is 211 Å². The Hall–Kier alpha value is -2.64. The molecule has 11 heteroatoms. The molecule has 3 aromatic rings. The van der Waals surface area contributed by atoms with Crippen LogP contribution in [0.5, 0.6) is 0 Å². The van der Waals surface area contributed by atoms with Gasteiger partial charge in [-0.25, -0.2) is 4.98 Å². The summed E-state index contributed by atoms with van der Waals surface area (Å²) in [7, 11) is 2.15. The summed E-state index contributed by atoms with van der Waals surface area (Å²) in [6.45, 7) is 5.43. The predicted octanol–water partition coefficient (Wildman–Crippen LogP) is 2.74. The Morgan fingerprint density at radius 3 is 2.74 bits per heavy atom. The number of ether oxygens (including phenoxy) is 1. The fourth-order valence-corrected chi connectivity index (χ4v) is 4.81. The van der Waals surface area contributed by atoms with Crippen LogP contribution in [-0.2, 0) is 4.74 Å². The lowest BCUT2D eigenvalue weighted by atomic mass is 10.1. The van der Waals surface area contributed by atoms with E-state index in [1.54, 1.807) is 0 Å². The van der Waals surface area contributed by atoms with Gasteiger partial charge in [0.2, 0.25) is 0 Å². The van der Waals surface area contributed by atoms with E-state index < -0.39 is 0 Å². The van der Waals surface area contributed by atoms with Crippen LogP contribution in [0.2, 0.25) is 0 Å². The largest absolute Gasteiger partial charge is 0.383 e. The number of piperazine rings is 1. The second-order valence-electron chi connectivity index (χ2n) is 8.83. The number of nitrogens with two attached hydrogens (primary N) is 1. The zero-order valence-electron chi connectivity index (χ0n) is 19.1. The molecule has 4 heterocycles. The van der Waals surface area contributed by atoms with Gasteiger partial charge in [-0.15, -0.1) is 0 Å². The highest BCUT2D eigenvalue weighted by Crippen LogP contribution is 2.29. The molecule has 34 heavy (non-hydrogen) atoms. The van der Waals surface area contributed by atoms with Crippen molar-refractivity contribution in [1.29, 1.82) is 0 Å². The van der Waals surface area contributed by atoms with Crippen LogP contribution in [-0.4, -0.2) is 78.5 Å². The first-order valence-corrected chi connectivity index (χ1v) is 12.6. The van der Waals surface area contributed by atoms with E-state index in [9.17, 15) is 4.79 Å². The number of amides is 1. The molecular formula is C23H29IN8O2. The summed E-state index contributed by atoms with van der Waals surface area (Å²) in [6.07, 6.45) is 1.82. The molecule has 2 aromatic heterocycles. The second-order valence-corrected chi connectivity index (χ2v) is 9.99. The van der Waals surface area contributed by atoms with Gasteiger partial charge in [0.05, 0.1) is 14.5 Å². The van der Waals surface area contributed by atoms with Gasteiger partial charge in [0.1, 0.15) is 5.82 Å². The van der Waals surface area contributed by atoms with Crippen LogP contribution in [0.1, 0.15) is 23.2 Å². The molecule has 1 aromatic carbocycles. The van der Waals surface area contributed by atoms with Gasteiger partial charge in [-0.2, -0.15) is 5.10 Å². The summed E-state index contributed by atoms with van der Waals surface area (Å²) >= 11 is 2.12. The van der Waals surface area contributed by atoms with Crippen molar-refractivity contribution in [2.75, 3.05) is 67.7 Å². The summed E-state index contributed by atoms with van der Waals surface area (Å²) in [6, 6.07) is 8.17. The molecule has 0 saturated carbocycles. The molecule has 2 aliphatic rings. The molecule has 10 nitrogen and oxygen atoms in total. The smallest absolute Gasteiger partial charge is 0.258 e. The Bertz CT molecular complexity index is 1190. The molecule has 5 N–H and O–H groups in total. The molecule has 0 bridgehead atoms. The van der Waals surface area contributed by atoms with Gasteiger partial charge < -0.3 is 30.9 Å². The topological polar surface area (TPSA) is 124 Å². The number of rotatable bonds is 5. The maximum absolute atomic E-state index is 13.4. The predicted molar refractivity (Wildman–Crippen MR) is 143 cm³/mol. The van der Waals surface area contributed by atoms with Crippen LogP contribution < -0.4 is 21.3 Å². The number of carbonyl (C=O) groups is 1. The number of anilines is 4. The van der Waals surface area contributed by atoms with Crippen molar-refractivity contribution in [2.45, 2.75) is 18.9 Å². The van der Waals surface area contributed by atoms with Gasteiger partial charge in [0.25, 0.3) is 5.91 Å². The quantitative estimate of drug-likeness (QED) is 0.342. The zero-order chi connectivity index (χ0) is 23.7. The van der Waals surface area contributed by atoms with E-state index in [0.29, 0.717) is 22.8 Å². The molecule has 2 aliphatic heterocycles. The number of nitrogen functional groups attached to an aromatic ring is 1. The van der Waals surface area contributed by atoms with Crippen molar-refractivity contribution in [3.05, 3.63) is 33.4 Å². The summed E-state index contributed by atoms with van der Waals surface area (Å²) in [5.41, 5.74) is 8.98. The Kier molecular flexibility index (Phi) is 6.75. The van der Waals surface area contributed by atoms with Gasteiger partial charge in [0.15, 0.2) is 11.5 Å². The third-order valence-electron chi connectivity index (χ3n) is 6.46. The highest BCUT2D eigenvalue weighted by molar-refractivity contribution is 14.1. The summed E-state index contributed by atoms with van der Waals surface area (Å²) < 4.78 is 6.32. The molecule has 0 unspecified atom stereocenters. The number of pyridine rings is 1. The first-order chi connectivity index (χ1) is 16.5. The number of carbonyl (C=O) groups excluding carboxylic acids is 1. The first kappa shape index (κ1) is 23.1. The first-order valence-electron chi connectivity index (χ1n) is 11.5. The number of benzene rings is 1. The van der Waals surface area contributed by atoms with E-state index >= 15 is 0 Å². The summed E-state index contributed by atoms with van der Waals surface area (Å²) in [4.78, 5) is 22.4. The number of fused-ring (bicyclic) bond motifs is 1. The maximum atomic E-state index is 13.4. The number of hydrogen-bond acceptors (Lipinski definition) is 8. The number of hydrogen-bond donors (Lipinski definition) is 4. The van der Waals surface area contributed by atoms with E-state index in [0.717, 1.165) is 72.6 Å². The van der Waals surface area contributed by atoms with Gasteiger partial charge >= 0.3 is 0 Å². The normalized spacial score (nSPS) is 17.8. The fourth-order valence-electron chi connectivity index (χ4n) is 4.38. The van der Waals surface area contributed by atoms with Crippen molar-refractivity contribution in [3.8, 4) is 0 Å². The van der Waals surface area contributed by atoms with E-state index in [-0.39, 0.29) is 11.9 Å². The third-order valence-corrected chi connectivity index (χ3v) is 7.32. The molecule has 0 radical (unpaired) electrons. The monoisotopic (exact) mass is 576 g/mol. The minimum Gasteiger partial charge on any atom is -0.383 e. The lowest BCUT2D eigenvalue weighted by Crippen LogP contribution is -2.44. The second kappa shape index (κ2) is 9.92. The zero-order valence-corrected chi connectivity index (χ0v) is 21.3. The average molecular weight is 576 g/mol. The van der Waals surface area contributed by atoms with Crippen LogP contribution in [0.25, 0.3) is 11.0 Å². The van der Waals surface area contributed by atoms with Crippen molar-refractivity contribution < 1.29 is 9.53 Å². The average Bonchev–Trinajstić information content (AvgIpc) is 3.21. The lowest BCUT2D eigenvalue weighted by Gasteiger charge is -2.34. The SMILES string of the molecule is CN1CCN(c2ccc(C(=O)Nc3n[nH]c4nc(N)c(I)cc34)c(NC3CCOCC3)c2)CC1. The number of aromatic nitrogens is 3. The molecule has 0 atom stereocenters. The summed E-state index contributed by atoms with van der Waals surface area (Å²) in [5, 5.41) is 14.4. The maximum Gasteiger partial charge on any atom is 0.258 e. The van der Waals surface area contributed by atoms with E-state index in [1.165, 1.54) is 0 Å². The van der Waals surface area contributed by atoms with Crippen molar-refractivity contribution in [3.63, 3.8) is 0 Å². The van der Waals surface area contributed by atoms with Crippen LogP contribution in [0, 0.1) is 3.57 Å². The molecule has 0 spiro atoms. The Morgan fingerprint density at radius 1 is 1.21 bits per heavy atom. The number of likely N-dealkylation sites (N-methyl/N-ethyl adjacent to an activating group) is 1. The van der Waals surface area contributed by atoms with E-state index in [2.05, 4.69) is 71.3 Å². The van der Waals surface area contributed by atoms with E-state index in [4.69, 9.17) is 10.5 Å². The van der Waals surface area contributed by atoms with Crippen LogP contribution in [0.3, 0.4) is 0 Å². The Balaban J connectivity index is 1.43. The van der Waals surface area contributed by atoms with Gasteiger partial charge in [-0.05, 0) is 66.7 Å². The molecule has 1 amide bonds. The van der Waals surface area contributed by atoms with E-state index in [1.807, 2.05) is 18.2 Å². The number of H-pyrrole nitrogens is 1. The number of aromatic amines is 1. The minimum atomic E-state index is -0.222. The Morgan fingerprint density at radius 2 is 1.97 bits per heavy atom. The number of nitrogens with zero attached hydrogens (tertiary/aromatic N) is 4. The van der Waals surface area contributed by atoms with Gasteiger partial charge in [0, 0.05) is 56.8 Å². The van der Waals surface area contributed by atoms with Crippen molar-refractivity contribution >= 4 is 62.5 Å². The van der Waals surface area contributed by atoms with Gasteiger partial charge in [-0.1, -0.05) is 0 Å². The molecule has 2 saturated heterocycles. The standard InChI is InChI=1S/C23H29IN8O2/c1-31-6-8-32(9-7-31)15-2-3-16(19(12-15)26-14-4-10-34-11-5-14)23(33)28-22-17-13-18(24)20(25)27-21(17)29-30-22/h2-3,12-14,26H,4-11H2,1H3,(H4,25,27,28,29,30,33). The number of nitrogens with one attached hydrogen (secondary N) is 3. The van der Waals surface area contributed by atoms with Crippen LogP contribution in [0.15, 0.2) is 24.3 Å². The highest BCUT2D eigenvalue weighted by atomic mass is 127. The number of halogens is 1. The van der Waals surface area contributed by atoms with Crippen LogP contribution >= 0.6 is 22.6 Å². The van der Waals surface area contributed by atoms with Crippen molar-refractivity contribution in [1.82, 2.24) is 20.1 Å². The highest BCUT2D eigenvalue weighted by Gasteiger charge is 2.22. The van der Waals surface area contributed by atoms with Crippen LogP contribution in [0.4, 0.5) is 23.0 Å². The third kappa shape index (κ3) is 4.91.